The maximum Gasteiger partial charge on any atom is 0.174 e. The predicted octanol–water partition coefficient (Wildman–Crippen LogP) is 2.97. The smallest absolute Gasteiger partial charge is 0.174 e. The van der Waals surface area contributed by atoms with Crippen molar-refractivity contribution in [2.45, 2.75) is 0 Å². The molecule has 0 spiro atoms. The van der Waals surface area contributed by atoms with E-state index in [-0.39, 0.29) is 17.2 Å². The number of aromatic nitrogens is 2. The van der Waals surface area contributed by atoms with Crippen molar-refractivity contribution in [3.05, 3.63) is 53.8 Å². The number of hydrogen-bond acceptors (Lipinski definition) is 5. The van der Waals surface area contributed by atoms with Gasteiger partial charge >= 0.3 is 0 Å². The van der Waals surface area contributed by atoms with Crippen LogP contribution in [0.1, 0.15) is 5.56 Å². The van der Waals surface area contributed by atoms with E-state index in [1.807, 2.05) is 18.2 Å². The molecule has 0 saturated heterocycles. The molecule has 0 aliphatic heterocycles. The van der Waals surface area contributed by atoms with Gasteiger partial charge in [0, 0.05) is 0 Å². The average molecular weight is 279 g/mol. The largest absolute Gasteiger partial charge is 0.381 e. The molecule has 0 bridgehead atoms. The standard InChI is InChI=1S/C15H10FN5/c16-10-4-3-7-11(9(10)8-17)20-15-14(18)19-12-5-1-2-6-13(12)21-15/h1-7H,(H2,18,19)(H,20,21). The van der Waals surface area contributed by atoms with Crippen LogP contribution < -0.4 is 11.1 Å². The molecule has 1 aromatic heterocycles. The summed E-state index contributed by atoms with van der Waals surface area (Å²) in [6, 6.07) is 13.4. The van der Waals surface area contributed by atoms with Crippen LogP contribution in [0.4, 0.5) is 21.7 Å². The molecule has 6 heteroatoms. The maximum absolute atomic E-state index is 13.6. The van der Waals surface area contributed by atoms with Crippen LogP contribution in [-0.2, 0) is 0 Å². The van der Waals surface area contributed by atoms with Gasteiger partial charge in [-0.2, -0.15) is 5.26 Å². The first-order valence-electron chi connectivity index (χ1n) is 6.17. The van der Waals surface area contributed by atoms with Gasteiger partial charge in [-0.3, -0.25) is 0 Å². The molecular weight excluding hydrogens is 269 g/mol. The molecule has 0 unspecified atom stereocenters. The van der Waals surface area contributed by atoms with Crippen LogP contribution in [0, 0.1) is 17.1 Å². The Labute approximate surface area is 119 Å². The number of para-hydroxylation sites is 2. The first-order chi connectivity index (χ1) is 10.2. The van der Waals surface area contributed by atoms with Crippen molar-refractivity contribution < 1.29 is 4.39 Å². The van der Waals surface area contributed by atoms with E-state index in [2.05, 4.69) is 15.3 Å². The Morgan fingerprint density at radius 1 is 1.05 bits per heavy atom. The Hall–Kier alpha value is -3.20. The minimum absolute atomic E-state index is 0.0909. The minimum Gasteiger partial charge on any atom is -0.381 e. The van der Waals surface area contributed by atoms with Crippen molar-refractivity contribution in [2.24, 2.45) is 0 Å². The zero-order valence-corrected chi connectivity index (χ0v) is 10.8. The molecule has 0 atom stereocenters. The number of rotatable bonds is 2. The molecule has 0 fully saturated rings. The summed E-state index contributed by atoms with van der Waals surface area (Å²) in [5.74, 6) is -0.132. The first kappa shape index (κ1) is 12.8. The second kappa shape index (κ2) is 5.06. The Morgan fingerprint density at radius 2 is 1.76 bits per heavy atom. The molecule has 0 aliphatic carbocycles. The van der Waals surface area contributed by atoms with Crippen LogP contribution in [0.5, 0.6) is 0 Å². The van der Waals surface area contributed by atoms with E-state index in [1.165, 1.54) is 12.1 Å². The molecule has 3 aromatic rings. The van der Waals surface area contributed by atoms with Crippen molar-refractivity contribution in [1.82, 2.24) is 9.97 Å². The third kappa shape index (κ3) is 2.32. The Bertz CT molecular complexity index is 870. The summed E-state index contributed by atoms with van der Waals surface area (Å²) < 4.78 is 13.6. The van der Waals surface area contributed by atoms with Gasteiger partial charge in [-0.05, 0) is 24.3 Å². The van der Waals surface area contributed by atoms with Crippen molar-refractivity contribution in [3.8, 4) is 6.07 Å². The summed E-state index contributed by atoms with van der Waals surface area (Å²) in [5, 5.41) is 11.9. The lowest BCUT2D eigenvalue weighted by molar-refractivity contribution is 0.624. The highest BCUT2D eigenvalue weighted by molar-refractivity contribution is 5.81. The van der Waals surface area contributed by atoms with Gasteiger partial charge in [0.05, 0.1) is 16.7 Å². The predicted molar refractivity (Wildman–Crippen MR) is 78.3 cm³/mol. The number of hydrogen-bond donors (Lipinski definition) is 2. The fourth-order valence-electron chi connectivity index (χ4n) is 1.98. The second-order valence-electron chi connectivity index (χ2n) is 4.35. The molecule has 21 heavy (non-hydrogen) atoms. The van der Waals surface area contributed by atoms with E-state index in [4.69, 9.17) is 11.0 Å². The molecule has 0 saturated carbocycles. The van der Waals surface area contributed by atoms with Gasteiger partial charge in [0.1, 0.15) is 17.4 Å². The number of benzene rings is 2. The zero-order chi connectivity index (χ0) is 14.8. The van der Waals surface area contributed by atoms with Gasteiger partial charge in [0.15, 0.2) is 11.6 Å². The number of fused-ring (bicyclic) bond motifs is 1. The number of nitrogens with two attached hydrogens (primary N) is 1. The summed E-state index contributed by atoms with van der Waals surface area (Å²) in [6.45, 7) is 0. The third-order valence-electron chi connectivity index (χ3n) is 2.98. The zero-order valence-electron chi connectivity index (χ0n) is 10.8. The Kier molecular flexibility index (Phi) is 3.09. The molecule has 3 rings (SSSR count). The van der Waals surface area contributed by atoms with E-state index in [0.29, 0.717) is 16.7 Å². The van der Waals surface area contributed by atoms with Crippen molar-refractivity contribution >= 4 is 28.4 Å². The number of halogens is 1. The SMILES string of the molecule is N#Cc1c(F)cccc1Nc1nc2ccccc2nc1N. The molecule has 102 valence electrons. The Balaban J connectivity index is 2.08. The summed E-state index contributed by atoms with van der Waals surface area (Å²) >= 11 is 0. The average Bonchev–Trinajstić information content (AvgIpc) is 2.48. The highest BCUT2D eigenvalue weighted by Crippen LogP contribution is 2.25. The van der Waals surface area contributed by atoms with Crippen molar-refractivity contribution in [3.63, 3.8) is 0 Å². The molecule has 0 radical (unpaired) electrons. The van der Waals surface area contributed by atoms with Gasteiger partial charge in [0.2, 0.25) is 0 Å². The lowest BCUT2D eigenvalue weighted by atomic mass is 10.2. The summed E-state index contributed by atoms with van der Waals surface area (Å²) in [4.78, 5) is 8.57. The van der Waals surface area contributed by atoms with E-state index in [9.17, 15) is 4.39 Å². The number of nitrogens with zero attached hydrogens (tertiary/aromatic N) is 3. The van der Waals surface area contributed by atoms with Crippen LogP contribution in [0.2, 0.25) is 0 Å². The minimum atomic E-state index is -0.602. The van der Waals surface area contributed by atoms with Gasteiger partial charge < -0.3 is 11.1 Å². The topological polar surface area (TPSA) is 87.6 Å². The van der Waals surface area contributed by atoms with Gasteiger partial charge in [0.25, 0.3) is 0 Å². The number of nitrogen functional groups attached to an aromatic ring is 1. The lowest BCUT2D eigenvalue weighted by Gasteiger charge is -2.10. The summed E-state index contributed by atoms with van der Waals surface area (Å²) in [5.41, 5.74) is 7.38. The molecular formula is C15H10FN5. The molecule has 0 aliphatic rings. The van der Waals surface area contributed by atoms with Crippen molar-refractivity contribution in [2.75, 3.05) is 11.1 Å². The van der Waals surface area contributed by atoms with E-state index >= 15 is 0 Å². The fraction of sp³-hybridized carbons (Fsp3) is 0. The number of nitrogens with one attached hydrogen (secondary N) is 1. The molecule has 0 amide bonds. The highest BCUT2D eigenvalue weighted by Gasteiger charge is 2.11. The highest BCUT2D eigenvalue weighted by atomic mass is 19.1. The van der Waals surface area contributed by atoms with E-state index < -0.39 is 5.82 Å². The summed E-state index contributed by atoms with van der Waals surface area (Å²) in [6.07, 6.45) is 0. The van der Waals surface area contributed by atoms with Crippen LogP contribution in [0.3, 0.4) is 0 Å². The lowest BCUT2D eigenvalue weighted by Crippen LogP contribution is -2.04. The summed E-state index contributed by atoms with van der Waals surface area (Å²) in [7, 11) is 0. The Morgan fingerprint density at radius 3 is 2.48 bits per heavy atom. The maximum atomic E-state index is 13.6. The molecule has 2 aromatic carbocycles. The van der Waals surface area contributed by atoms with Crippen LogP contribution in [0.25, 0.3) is 11.0 Å². The molecule has 5 nitrogen and oxygen atoms in total. The van der Waals surface area contributed by atoms with Gasteiger partial charge in [-0.15, -0.1) is 0 Å². The van der Waals surface area contributed by atoms with E-state index in [1.54, 1.807) is 18.2 Å². The first-order valence-corrected chi connectivity index (χ1v) is 6.17. The quantitative estimate of drug-likeness (QED) is 0.753. The van der Waals surface area contributed by atoms with Crippen LogP contribution >= 0.6 is 0 Å². The van der Waals surface area contributed by atoms with Gasteiger partial charge in [-0.25, -0.2) is 14.4 Å². The van der Waals surface area contributed by atoms with Crippen LogP contribution in [0.15, 0.2) is 42.5 Å². The fourth-order valence-corrected chi connectivity index (χ4v) is 1.98. The monoisotopic (exact) mass is 279 g/mol. The van der Waals surface area contributed by atoms with Gasteiger partial charge in [-0.1, -0.05) is 18.2 Å². The third-order valence-corrected chi connectivity index (χ3v) is 2.98. The number of nitriles is 1. The molecule has 3 N–H and O–H groups in total. The number of anilines is 3. The van der Waals surface area contributed by atoms with E-state index in [0.717, 1.165) is 0 Å². The van der Waals surface area contributed by atoms with Crippen molar-refractivity contribution in [1.29, 1.82) is 5.26 Å². The van der Waals surface area contributed by atoms with Crippen LogP contribution in [-0.4, -0.2) is 9.97 Å². The molecule has 1 heterocycles. The normalized spacial score (nSPS) is 10.3. The second-order valence-corrected chi connectivity index (χ2v) is 4.35.